The van der Waals surface area contributed by atoms with Gasteiger partial charge in [0, 0.05) is 12.3 Å². The zero-order chi connectivity index (χ0) is 10.3. The summed E-state index contributed by atoms with van der Waals surface area (Å²) in [6.07, 6.45) is 0. The third-order valence-corrected chi connectivity index (χ3v) is 1.52. The highest BCUT2D eigenvalue weighted by Gasteiger charge is 2.27. The first kappa shape index (κ1) is 12.5. The first-order valence-corrected chi connectivity index (χ1v) is 4.24. The molecular weight excluding hydrogens is 209 g/mol. The van der Waals surface area contributed by atoms with Crippen molar-refractivity contribution in [1.29, 1.82) is 0 Å². The van der Waals surface area contributed by atoms with Crippen LogP contribution in [0.3, 0.4) is 0 Å². The van der Waals surface area contributed by atoms with Gasteiger partial charge in [-0.1, -0.05) is 0 Å². The van der Waals surface area contributed by atoms with Crippen molar-refractivity contribution in [3.8, 4) is 0 Å². The molecule has 0 radical (unpaired) electrons. The summed E-state index contributed by atoms with van der Waals surface area (Å²) in [4.78, 5) is 14.5. The topological polar surface area (TPSA) is 64.4 Å². The van der Waals surface area contributed by atoms with Crippen LogP contribution in [0.1, 0.15) is 0 Å². The minimum Gasteiger partial charge on any atom is -0.368 e. The lowest BCUT2D eigenvalue weighted by atomic mass is 10.7. The number of carbonyl (C=O) groups excluding carboxylic acids is 1. The monoisotopic (exact) mass is 218 g/mol. The SMILES string of the molecule is NC(=O)CONCCSC(F)(F)F. The number of nitrogens with two attached hydrogens (primary N) is 1. The lowest BCUT2D eigenvalue weighted by molar-refractivity contribution is -0.125. The molecule has 8 heteroatoms. The highest BCUT2D eigenvalue weighted by molar-refractivity contribution is 8.00. The summed E-state index contributed by atoms with van der Waals surface area (Å²) >= 11 is -0.166. The second-order valence-electron chi connectivity index (χ2n) is 1.94. The van der Waals surface area contributed by atoms with Gasteiger partial charge in [-0.05, 0) is 11.8 Å². The summed E-state index contributed by atoms with van der Waals surface area (Å²) < 4.78 is 34.5. The van der Waals surface area contributed by atoms with E-state index in [-0.39, 0.29) is 30.7 Å². The van der Waals surface area contributed by atoms with Gasteiger partial charge in [0.25, 0.3) is 0 Å². The first-order chi connectivity index (χ1) is 5.92. The molecule has 3 N–H and O–H groups in total. The molecule has 78 valence electrons. The van der Waals surface area contributed by atoms with Crippen molar-refractivity contribution in [2.24, 2.45) is 5.73 Å². The maximum absolute atomic E-state index is 11.5. The van der Waals surface area contributed by atoms with Crippen LogP contribution < -0.4 is 11.2 Å². The minimum atomic E-state index is -4.23. The first-order valence-electron chi connectivity index (χ1n) is 3.25. The molecule has 0 heterocycles. The number of nitrogens with one attached hydrogen (secondary N) is 1. The number of hydroxylamine groups is 1. The number of thioether (sulfide) groups is 1. The Morgan fingerprint density at radius 1 is 1.54 bits per heavy atom. The van der Waals surface area contributed by atoms with Gasteiger partial charge >= 0.3 is 5.51 Å². The Morgan fingerprint density at radius 3 is 2.62 bits per heavy atom. The van der Waals surface area contributed by atoms with Crippen molar-refractivity contribution in [3.05, 3.63) is 0 Å². The predicted octanol–water partition coefficient (Wildman–Crippen LogP) is 0.246. The molecule has 0 aromatic rings. The van der Waals surface area contributed by atoms with E-state index < -0.39 is 11.4 Å². The molecule has 0 aromatic heterocycles. The highest BCUT2D eigenvalue weighted by Crippen LogP contribution is 2.29. The van der Waals surface area contributed by atoms with E-state index in [0.717, 1.165) is 0 Å². The molecule has 0 saturated heterocycles. The average Bonchev–Trinajstić information content (AvgIpc) is 1.93. The molecule has 0 rings (SSSR count). The Labute approximate surface area is 76.9 Å². The molecule has 0 aliphatic carbocycles. The van der Waals surface area contributed by atoms with Gasteiger partial charge < -0.3 is 5.73 Å². The quantitative estimate of drug-likeness (QED) is 0.495. The van der Waals surface area contributed by atoms with E-state index in [1.165, 1.54) is 0 Å². The Morgan fingerprint density at radius 2 is 2.15 bits per heavy atom. The normalized spacial score (nSPS) is 11.6. The van der Waals surface area contributed by atoms with E-state index in [9.17, 15) is 18.0 Å². The number of hydrogen-bond acceptors (Lipinski definition) is 4. The number of carbonyl (C=O) groups is 1. The summed E-state index contributed by atoms with van der Waals surface area (Å²) in [5, 5.41) is 0. The molecule has 0 aliphatic rings. The molecule has 0 bridgehead atoms. The maximum Gasteiger partial charge on any atom is 0.441 e. The van der Waals surface area contributed by atoms with Crippen LogP contribution in [0.4, 0.5) is 13.2 Å². The second kappa shape index (κ2) is 6.06. The average molecular weight is 218 g/mol. The van der Waals surface area contributed by atoms with Gasteiger partial charge in [-0.2, -0.15) is 13.2 Å². The number of primary amides is 1. The van der Waals surface area contributed by atoms with Crippen molar-refractivity contribution >= 4 is 17.7 Å². The number of hydrogen-bond donors (Lipinski definition) is 2. The van der Waals surface area contributed by atoms with Crippen LogP contribution in [-0.2, 0) is 9.63 Å². The molecular formula is C5H9F3N2O2S. The van der Waals surface area contributed by atoms with Crippen LogP contribution in [0.15, 0.2) is 0 Å². The van der Waals surface area contributed by atoms with Crippen molar-refractivity contribution in [2.75, 3.05) is 18.9 Å². The van der Waals surface area contributed by atoms with E-state index >= 15 is 0 Å². The molecule has 0 spiro atoms. The van der Waals surface area contributed by atoms with Gasteiger partial charge in [-0.25, -0.2) is 5.48 Å². The van der Waals surface area contributed by atoms with Crippen LogP contribution in [0.2, 0.25) is 0 Å². The van der Waals surface area contributed by atoms with Crippen LogP contribution in [0.25, 0.3) is 0 Å². The zero-order valence-electron chi connectivity index (χ0n) is 6.56. The molecule has 0 unspecified atom stereocenters. The van der Waals surface area contributed by atoms with E-state index in [4.69, 9.17) is 0 Å². The summed E-state index contributed by atoms with van der Waals surface area (Å²) in [7, 11) is 0. The lowest BCUT2D eigenvalue weighted by Crippen LogP contribution is -2.26. The highest BCUT2D eigenvalue weighted by atomic mass is 32.2. The molecule has 0 aliphatic heterocycles. The number of halogens is 3. The Balaban J connectivity index is 3.13. The summed E-state index contributed by atoms with van der Waals surface area (Å²) in [6, 6.07) is 0. The fourth-order valence-electron chi connectivity index (χ4n) is 0.403. The third-order valence-electron chi connectivity index (χ3n) is 0.786. The summed E-state index contributed by atoms with van der Waals surface area (Å²) in [6.45, 7) is -0.353. The van der Waals surface area contributed by atoms with Gasteiger partial charge in [0.15, 0.2) is 0 Å². The summed E-state index contributed by atoms with van der Waals surface area (Å²) in [5.41, 5.74) is 2.62. The van der Waals surface area contributed by atoms with E-state index in [1.807, 2.05) is 0 Å². The van der Waals surface area contributed by atoms with Gasteiger partial charge in [0.1, 0.15) is 6.61 Å². The van der Waals surface area contributed by atoms with Gasteiger partial charge in [0.2, 0.25) is 5.91 Å². The van der Waals surface area contributed by atoms with Crippen molar-refractivity contribution < 1.29 is 22.8 Å². The predicted molar refractivity (Wildman–Crippen MR) is 41.7 cm³/mol. The zero-order valence-corrected chi connectivity index (χ0v) is 7.37. The molecule has 0 fully saturated rings. The minimum absolute atomic E-state index is 0.00252. The van der Waals surface area contributed by atoms with Crippen LogP contribution >= 0.6 is 11.8 Å². The molecule has 1 amide bonds. The van der Waals surface area contributed by atoms with Gasteiger partial charge in [0.05, 0.1) is 0 Å². The van der Waals surface area contributed by atoms with Crippen LogP contribution in [-0.4, -0.2) is 30.3 Å². The largest absolute Gasteiger partial charge is 0.441 e. The van der Waals surface area contributed by atoms with Crippen LogP contribution in [0.5, 0.6) is 0 Å². The van der Waals surface area contributed by atoms with Crippen molar-refractivity contribution in [1.82, 2.24) is 5.48 Å². The fourth-order valence-corrected chi connectivity index (χ4v) is 0.820. The van der Waals surface area contributed by atoms with Crippen molar-refractivity contribution in [2.45, 2.75) is 5.51 Å². The van der Waals surface area contributed by atoms with E-state index in [0.29, 0.717) is 0 Å². The Kier molecular flexibility index (Phi) is 5.84. The summed E-state index contributed by atoms with van der Waals surface area (Å²) in [5.74, 6) is -0.863. The van der Waals surface area contributed by atoms with Gasteiger partial charge in [-0.3, -0.25) is 9.63 Å². The number of amides is 1. The Hall–Kier alpha value is -0.470. The van der Waals surface area contributed by atoms with E-state index in [1.54, 1.807) is 0 Å². The molecule has 0 atom stereocenters. The lowest BCUT2D eigenvalue weighted by Gasteiger charge is -2.05. The molecule has 13 heavy (non-hydrogen) atoms. The maximum atomic E-state index is 11.5. The molecule has 0 aromatic carbocycles. The molecule has 4 nitrogen and oxygen atoms in total. The fraction of sp³-hybridized carbons (Fsp3) is 0.800. The van der Waals surface area contributed by atoms with E-state index in [2.05, 4.69) is 16.1 Å². The Bertz CT molecular complexity index is 164. The second-order valence-corrected chi connectivity index (χ2v) is 3.10. The van der Waals surface area contributed by atoms with Crippen molar-refractivity contribution in [3.63, 3.8) is 0 Å². The number of alkyl halides is 3. The molecule has 0 saturated carbocycles. The smallest absolute Gasteiger partial charge is 0.368 e. The third kappa shape index (κ3) is 11.5. The van der Waals surface area contributed by atoms with Crippen LogP contribution in [0, 0.1) is 0 Å². The number of rotatable bonds is 6. The van der Waals surface area contributed by atoms with Gasteiger partial charge in [-0.15, -0.1) is 0 Å². The standard InChI is InChI=1S/C5H9F3N2O2S/c6-5(7,8)13-2-1-10-12-3-4(9)11/h10H,1-3H2,(H2,9,11).